The lowest BCUT2D eigenvalue weighted by Crippen LogP contribution is -2.49. The summed E-state index contributed by atoms with van der Waals surface area (Å²) in [6.07, 6.45) is 3.76. The number of likely N-dealkylation sites (tertiary alicyclic amines) is 2. The number of amides is 1. The predicted octanol–water partition coefficient (Wildman–Crippen LogP) is 2.80. The zero-order chi connectivity index (χ0) is 23.6. The van der Waals surface area contributed by atoms with E-state index in [1.54, 1.807) is 4.90 Å². The van der Waals surface area contributed by atoms with E-state index in [2.05, 4.69) is 9.62 Å². The molecule has 3 N–H and O–H groups in total. The van der Waals surface area contributed by atoms with Gasteiger partial charge in [-0.1, -0.05) is 0 Å². The van der Waals surface area contributed by atoms with Crippen LogP contribution in [-0.4, -0.2) is 69.2 Å². The number of sulfonamides is 1. The minimum Gasteiger partial charge on any atom is -0.444 e. The molecule has 0 radical (unpaired) electrons. The van der Waals surface area contributed by atoms with Crippen LogP contribution in [0.15, 0.2) is 23.1 Å². The minimum absolute atomic E-state index is 0.0804. The number of hydrogen-bond donors (Lipinski definition) is 2. The molecule has 0 aromatic heterocycles. The van der Waals surface area contributed by atoms with Crippen LogP contribution >= 0.6 is 0 Å². The van der Waals surface area contributed by atoms with Gasteiger partial charge in [-0.15, -0.1) is 0 Å². The second kappa shape index (κ2) is 9.52. The Labute approximate surface area is 190 Å². The van der Waals surface area contributed by atoms with Gasteiger partial charge >= 0.3 is 6.09 Å². The summed E-state index contributed by atoms with van der Waals surface area (Å²) in [6, 6.07) is 3.49. The first-order valence-electron chi connectivity index (χ1n) is 11.1. The maximum Gasteiger partial charge on any atom is 0.410 e. The van der Waals surface area contributed by atoms with Crippen LogP contribution < -0.4 is 10.5 Å². The standard InChI is InChI=1S/C22H35FN4O4S/c1-21(2,3)31-20(28)27-13-8-22(9-14-27)6-11-26(12-7-22)15-10-25-32(29,30)17-4-5-19(24)18(23)16-17/h4-5,16,25H,6-15,24H2,1-3H3. The van der Waals surface area contributed by atoms with Crippen molar-refractivity contribution in [2.75, 3.05) is 45.0 Å². The summed E-state index contributed by atoms with van der Waals surface area (Å²) in [6.45, 7) is 9.69. The van der Waals surface area contributed by atoms with Crippen LogP contribution in [0, 0.1) is 11.2 Å². The van der Waals surface area contributed by atoms with Gasteiger partial charge in [0.05, 0.1) is 10.6 Å². The summed E-state index contributed by atoms with van der Waals surface area (Å²) < 4.78 is 46.4. The number of nitrogen functional groups attached to an aromatic ring is 1. The lowest BCUT2D eigenvalue weighted by atomic mass is 9.71. The van der Waals surface area contributed by atoms with Crippen molar-refractivity contribution in [3.05, 3.63) is 24.0 Å². The SMILES string of the molecule is CC(C)(C)OC(=O)N1CCC2(CCN(CCNS(=O)(=O)c3ccc(N)c(F)c3)CC2)CC1. The van der Waals surface area contributed by atoms with E-state index in [1.807, 2.05) is 20.8 Å². The number of carbonyl (C=O) groups is 1. The van der Waals surface area contributed by atoms with E-state index in [9.17, 15) is 17.6 Å². The van der Waals surface area contributed by atoms with E-state index in [-0.39, 0.29) is 28.6 Å². The van der Waals surface area contributed by atoms with Crippen molar-refractivity contribution in [2.45, 2.75) is 57.0 Å². The smallest absolute Gasteiger partial charge is 0.410 e. The highest BCUT2D eigenvalue weighted by atomic mass is 32.2. The molecule has 0 bridgehead atoms. The van der Waals surface area contributed by atoms with Crippen LogP contribution in [0.25, 0.3) is 0 Å². The van der Waals surface area contributed by atoms with Gasteiger partial charge in [0.2, 0.25) is 10.0 Å². The third kappa shape index (κ3) is 6.32. The van der Waals surface area contributed by atoms with Crippen LogP contribution in [0.5, 0.6) is 0 Å². The van der Waals surface area contributed by atoms with Crippen LogP contribution in [0.1, 0.15) is 46.5 Å². The second-order valence-corrected chi connectivity index (χ2v) is 11.7. The Morgan fingerprint density at radius 1 is 1.16 bits per heavy atom. The lowest BCUT2D eigenvalue weighted by molar-refractivity contribution is -0.00219. The molecule has 1 aromatic carbocycles. The van der Waals surface area contributed by atoms with Gasteiger partial charge in [0.1, 0.15) is 11.4 Å². The number of ether oxygens (including phenoxy) is 1. The molecule has 32 heavy (non-hydrogen) atoms. The topological polar surface area (TPSA) is 105 Å². The molecular weight excluding hydrogens is 435 g/mol. The van der Waals surface area contributed by atoms with Gasteiger partial charge < -0.3 is 20.3 Å². The molecule has 180 valence electrons. The molecule has 0 aliphatic carbocycles. The highest BCUT2D eigenvalue weighted by Crippen LogP contribution is 2.41. The number of nitrogens with two attached hydrogens (primary N) is 1. The molecule has 3 rings (SSSR count). The van der Waals surface area contributed by atoms with Gasteiger partial charge in [-0.05, 0) is 83.2 Å². The van der Waals surface area contributed by atoms with E-state index in [0.717, 1.165) is 44.8 Å². The molecule has 8 nitrogen and oxygen atoms in total. The third-order valence-corrected chi connectivity index (χ3v) is 7.85. The zero-order valence-electron chi connectivity index (χ0n) is 19.2. The Balaban J connectivity index is 1.42. The molecule has 0 saturated carbocycles. The number of nitrogens with one attached hydrogen (secondary N) is 1. The number of piperidine rings is 2. The summed E-state index contributed by atoms with van der Waals surface area (Å²) in [5.74, 6) is -0.744. The van der Waals surface area contributed by atoms with Gasteiger partial charge in [0.25, 0.3) is 0 Å². The van der Waals surface area contributed by atoms with Crippen molar-refractivity contribution in [3.63, 3.8) is 0 Å². The molecule has 1 aromatic rings. The lowest BCUT2D eigenvalue weighted by Gasteiger charge is -2.46. The summed E-state index contributed by atoms with van der Waals surface area (Å²) >= 11 is 0. The third-order valence-electron chi connectivity index (χ3n) is 6.39. The summed E-state index contributed by atoms with van der Waals surface area (Å²) in [7, 11) is -3.78. The van der Waals surface area contributed by atoms with Crippen LogP contribution in [-0.2, 0) is 14.8 Å². The summed E-state index contributed by atoms with van der Waals surface area (Å²) in [4.78, 5) is 16.2. The first kappa shape index (κ1) is 24.7. The van der Waals surface area contributed by atoms with Crippen LogP contribution in [0.4, 0.5) is 14.9 Å². The number of nitrogens with zero attached hydrogens (tertiary/aromatic N) is 2. The molecule has 2 aliphatic rings. The van der Waals surface area contributed by atoms with Gasteiger partial charge in [0, 0.05) is 26.2 Å². The molecule has 2 heterocycles. The Morgan fingerprint density at radius 2 is 1.75 bits per heavy atom. The Bertz CT molecular complexity index is 914. The van der Waals surface area contributed by atoms with E-state index in [0.29, 0.717) is 19.6 Å². The number of anilines is 1. The van der Waals surface area contributed by atoms with E-state index >= 15 is 0 Å². The quantitative estimate of drug-likeness (QED) is 0.641. The number of carbonyl (C=O) groups excluding carboxylic acids is 1. The molecule has 1 spiro atoms. The molecule has 1 amide bonds. The fraction of sp³-hybridized carbons (Fsp3) is 0.682. The van der Waals surface area contributed by atoms with Crippen molar-refractivity contribution in [2.24, 2.45) is 5.41 Å². The van der Waals surface area contributed by atoms with Gasteiger partial charge in [0.15, 0.2) is 0 Å². The fourth-order valence-corrected chi connectivity index (χ4v) is 5.37. The zero-order valence-corrected chi connectivity index (χ0v) is 20.0. The normalized spacial score (nSPS) is 19.8. The first-order chi connectivity index (χ1) is 14.9. The average molecular weight is 471 g/mol. The molecule has 2 fully saturated rings. The molecule has 2 saturated heterocycles. The molecule has 0 atom stereocenters. The number of halogens is 1. The second-order valence-electron chi connectivity index (χ2n) is 9.89. The van der Waals surface area contributed by atoms with E-state index < -0.39 is 21.4 Å². The average Bonchev–Trinajstić information content (AvgIpc) is 2.71. The van der Waals surface area contributed by atoms with E-state index in [4.69, 9.17) is 10.5 Å². The van der Waals surface area contributed by atoms with Crippen molar-refractivity contribution in [3.8, 4) is 0 Å². The molecule has 10 heteroatoms. The molecular formula is C22H35FN4O4S. The minimum atomic E-state index is -3.78. The largest absolute Gasteiger partial charge is 0.444 e. The first-order valence-corrected chi connectivity index (χ1v) is 12.6. The summed E-state index contributed by atoms with van der Waals surface area (Å²) in [5.41, 5.74) is 5.09. The highest BCUT2D eigenvalue weighted by Gasteiger charge is 2.39. The molecule has 0 unspecified atom stereocenters. The van der Waals surface area contributed by atoms with E-state index in [1.165, 1.54) is 12.1 Å². The monoisotopic (exact) mass is 470 g/mol. The molecule has 2 aliphatic heterocycles. The van der Waals surface area contributed by atoms with Crippen molar-refractivity contribution >= 4 is 21.8 Å². The van der Waals surface area contributed by atoms with Crippen molar-refractivity contribution < 1.29 is 22.3 Å². The number of hydrogen-bond acceptors (Lipinski definition) is 6. The van der Waals surface area contributed by atoms with Gasteiger partial charge in [-0.2, -0.15) is 0 Å². The maximum absolute atomic E-state index is 13.6. The number of rotatable bonds is 5. The maximum atomic E-state index is 13.6. The summed E-state index contributed by atoms with van der Waals surface area (Å²) in [5, 5.41) is 0. The Morgan fingerprint density at radius 3 is 2.31 bits per heavy atom. The highest BCUT2D eigenvalue weighted by molar-refractivity contribution is 7.89. The number of benzene rings is 1. The fourth-order valence-electron chi connectivity index (χ4n) is 4.34. The predicted molar refractivity (Wildman–Crippen MR) is 121 cm³/mol. The Kier molecular flexibility index (Phi) is 7.36. The van der Waals surface area contributed by atoms with Crippen LogP contribution in [0.3, 0.4) is 0 Å². The van der Waals surface area contributed by atoms with Gasteiger partial charge in [-0.3, -0.25) is 0 Å². The van der Waals surface area contributed by atoms with Crippen molar-refractivity contribution in [1.82, 2.24) is 14.5 Å². The van der Waals surface area contributed by atoms with Crippen LogP contribution in [0.2, 0.25) is 0 Å². The van der Waals surface area contributed by atoms with Crippen molar-refractivity contribution in [1.29, 1.82) is 0 Å². The Hall–Kier alpha value is -1.91. The van der Waals surface area contributed by atoms with Gasteiger partial charge in [-0.25, -0.2) is 22.3 Å².